The molecule has 0 aliphatic heterocycles. The summed E-state index contributed by atoms with van der Waals surface area (Å²) in [6.45, 7) is 15.5. The first kappa shape index (κ1) is 18.3. The topological polar surface area (TPSA) is 0 Å². The van der Waals surface area contributed by atoms with Crippen molar-refractivity contribution in [1.29, 1.82) is 0 Å². The first-order valence-electron chi connectivity index (χ1n) is 6.27. The summed E-state index contributed by atoms with van der Waals surface area (Å²) in [5, 5.41) is 0. The molecule has 1 aromatic carbocycles. The molecule has 0 saturated heterocycles. The van der Waals surface area contributed by atoms with Crippen molar-refractivity contribution in [1.82, 2.24) is 0 Å². The van der Waals surface area contributed by atoms with Gasteiger partial charge >= 0.3 is 0 Å². The van der Waals surface area contributed by atoms with Crippen molar-refractivity contribution in [2.45, 2.75) is 53.9 Å². The van der Waals surface area contributed by atoms with Crippen molar-refractivity contribution in [2.24, 2.45) is 0 Å². The highest BCUT2D eigenvalue weighted by molar-refractivity contribution is 5.25. The van der Waals surface area contributed by atoms with E-state index in [2.05, 4.69) is 34.3 Å². The monoisotopic (exact) mass is 238 g/mol. The quantitative estimate of drug-likeness (QED) is 0.537. The predicted octanol–water partition coefficient (Wildman–Crippen LogP) is 5.87. The van der Waals surface area contributed by atoms with Crippen LogP contribution in [0.15, 0.2) is 30.9 Å². The second-order valence-corrected chi connectivity index (χ2v) is 4.28. The van der Waals surface area contributed by atoms with Gasteiger partial charge in [0.1, 0.15) is 5.82 Å². The Labute approximate surface area is 107 Å². The lowest BCUT2D eigenvalue weighted by Crippen LogP contribution is -1.89. The van der Waals surface area contributed by atoms with Gasteiger partial charge in [0.25, 0.3) is 0 Å². The SMILES string of the molecule is C=CC.CCC.Cc1cc(C(C)C)ccc1F. The number of hydrogen-bond donors (Lipinski definition) is 0. The number of rotatable bonds is 1. The smallest absolute Gasteiger partial charge is 0.126 e. The van der Waals surface area contributed by atoms with E-state index in [1.165, 1.54) is 18.1 Å². The number of allylic oxidation sites excluding steroid dienone is 1. The number of benzene rings is 1. The Balaban J connectivity index is 0. The number of halogens is 1. The zero-order chi connectivity index (χ0) is 13.8. The lowest BCUT2D eigenvalue weighted by molar-refractivity contribution is 0.616. The van der Waals surface area contributed by atoms with Crippen LogP contribution in [0.1, 0.15) is 58.1 Å². The van der Waals surface area contributed by atoms with Crippen LogP contribution in [0.25, 0.3) is 0 Å². The molecule has 1 heteroatoms. The van der Waals surface area contributed by atoms with Crippen molar-refractivity contribution < 1.29 is 4.39 Å². The largest absolute Gasteiger partial charge is 0.207 e. The van der Waals surface area contributed by atoms with Gasteiger partial charge in [0.15, 0.2) is 0 Å². The molecule has 0 atom stereocenters. The minimum absolute atomic E-state index is 0.116. The number of hydrogen-bond acceptors (Lipinski definition) is 0. The normalized spacial score (nSPS) is 8.71. The van der Waals surface area contributed by atoms with Crippen molar-refractivity contribution in [2.75, 3.05) is 0 Å². The fourth-order valence-electron chi connectivity index (χ4n) is 1.03. The lowest BCUT2D eigenvalue weighted by atomic mass is 10.0. The Morgan fingerprint density at radius 2 is 1.71 bits per heavy atom. The fourth-order valence-corrected chi connectivity index (χ4v) is 1.03. The standard InChI is InChI=1S/C10H13F.C3H8.C3H6/c1-7(2)9-4-5-10(11)8(3)6-9;2*1-3-2/h4-7H,1-3H3;3H2,1-2H3;3H,1H2,2H3. The molecule has 0 heterocycles. The highest BCUT2D eigenvalue weighted by Gasteiger charge is 2.01. The van der Waals surface area contributed by atoms with Gasteiger partial charge in [-0.2, -0.15) is 0 Å². The van der Waals surface area contributed by atoms with Crippen LogP contribution >= 0.6 is 0 Å². The zero-order valence-electron chi connectivity index (χ0n) is 12.2. The van der Waals surface area contributed by atoms with Gasteiger partial charge in [-0.3, -0.25) is 0 Å². The molecular weight excluding hydrogens is 211 g/mol. The van der Waals surface area contributed by atoms with Gasteiger partial charge in [0.05, 0.1) is 0 Å². The van der Waals surface area contributed by atoms with Crippen LogP contribution in [0.5, 0.6) is 0 Å². The molecule has 0 unspecified atom stereocenters. The van der Waals surface area contributed by atoms with Crippen molar-refractivity contribution in [3.63, 3.8) is 0 Å². The lowest BCUT2D eigenvalue weighted by Gasteiger charge is -2.05. The molecule has 0 aromatic heterocycles. The zero-order valence-corrected chi connectivity index (χ0v) is 12.2. The van der Waals surface area contributed by atoms with E-state index in [1.807, 2.05) is 19.1 Å². The molecule has 0 N–H and O–H groups in total. The van der Waals surface area contributed by atoms with Gasteiger partial charge in [0, 0.05) is 0 Å². The summed E-state index contributed by atoms with van der Waals surface area (Å²) >= 11 is 0. The van der Waals surface area contributed by atoms with E-state index in [0.29, 0.717) is 5.92 Å². The van der Waals surface area contributed by atoms with Gasteiger partial charge in [-0.1, -0.05) is 52.3 Å². The Morgan fingerprint density at radius 1 is 1.29 bits per heavy atom. The summed E-state index contributed by atoms with van der Waals surface area (Å²) in [6.07, 6.45) is 3.00. The molecule has 0 bridgehead atoms. The average molecular weight is 238 g/mol. The van der Waals surface area contributed by atoms with E-state index in [4.69, 9.17) is 0 Å². The first-order valence-corrected chi connectivity index (χ1v) is 6.27. The Kier molecular flexibility index (Phi) is 12.2. The molecule has 1 rings (SSSR count). The molecule has 0 fully saturated rings. The van der Waals surface area contributed by atoms with Crippen molar-refractivity contribution in [3.8, 4) is 0 Å². The Morgan fingerprint density at radius 3 is 2.00 bits per heavy atom. The molecular formula is C16H27F. The second-order valence-electron chi connectivity index (χ2n) is 4.28. The van der Waals surface area contributed by atoms with Gasteiger partial charge in [-0.05, 0) is 37.0 Å². The molecule has 0 amide bonds. The molecule has 0 radical (unpaired) electrons. The predicted molar refractivity (Wildman–Crippen MR) is 77.1 cm³/mol. The van der Waals surface area contributed by atoms with E-state index in [0.717, 1.165) is 5.56 Å². The van der Waals surface area contributed by atoms with E-state index in [9.17, 15) is 4.39 Å². The minimum atomic E-state index is -0.116. The first-order chi connectivity index (χ1) is 7.94. The van der Waals surface area contributed by atoms with Crippen LogP contribution in [0.2, 0.25) is 0 Å². The van der Waals surface area contributed by atoms with Gasteiger partial charge in [-0.25, -0.2) is 4.39 Å². The third-order valence-corrected chi connectivity index (χ3v) is 1.85. The van der Waals surface area contributed by atoms with E-state index in [-0.39, 0.29) is 5.82 Å². The van der Waals surface area contributed by atoms with E-state index < -0.39 is 0 Å². The molecule has 0 aliphatic carbocycles. The summed E-state index contributed by atoms with van der Waals surface area (Å²) in [6, 6.07) is 5.28. The molecule has 98 valence electrons. The van der Waals surface area contributed by atoms with E-state index >= 15 is 0 Å². The molecule has 0 nitrogen and oxygen atoms in total. The summed E-state index contributed by atoms with van der Waals surface area (Å²) < 4.78 is 12.8. The van der Waals surface area contributed by atoms with Crippen LogP contribution in [-0.4, -0.2) is 0 Å². The summed E-state index contributed by atoms with van der Waals surface area (Å²) in [7, 11) is 0. The van der Waals surface area contributed by atoms with Crippen molar-refractivity contribution in [3.05, 3.63) is 47.8 Å². The third kappa shape index (κ3) is 9.80. The van der Waals surface area contributed by atoms with Gasteiger partial charge < -0.3 is 0 Å². The summed E-state index contributed by atoms with van der Waals surface area (Å²) in [4.78, 5) is 0. The average Bonchev–Trinajstić information content (AvgIpc) is 2.24. The molecule has 17 heavy (non-hydrogen) atoms. The molecule has 0 aliphatic rings. The van der Waals surface area contributed by atoms with Crippen LogP contribution < -0.4 is 0 Å². The maximum Gasteiger partial charge on any atom is 0.126 e. The summed E-state index contributed by atoms with van der Waals surface area (Å²) in [5.74, 6) is 0.365. The van der Waals surface area contributed by atoms with Crippen LogP contribution in [0.4, 0.5) is 4.39 Å². The fraction of sp³-hybridized carbons (Fsp3) is 0.500. The molecule has 0 spiro atoms. The van der Waals surface area contributed by atoms with Crippen LogP contribution in [0, 0.1) is 12.7 Å². The Bertz CT molecular complexity index is 300. The molecule has 1 aromatic rings. The second kappa shape index (κ2) is 11.4. The summed E-state index contributed by atoms with van der Waals surface area (Å²) in [5.41, 5.74) is 1.93. The Hall–Kier alpha value is -1.11. The van der Waals surface area contributed by atoms with Crippen molar-refractivity contribution >= 4 is 0 Å². The number of aryl methyl sites for hydroxylation is 1. The molecule has 0 saturated carbocycles. The van der Waals surface area contributed by atoms with Crippen LogP contribution in [-0.2, 0) is 0 Å². The maximum absolute atomic E-state index is 12.8. The van der Waals surface area contributed by atoms with Gasteiger partial charge in [-0.15, -0.1) is 6.58 Å². The minimum Gasteiger partial charge on any atom is -0.207 e. The van der Waals surface area contributed by atoms with Gasteiger partial charge in [0.2, 0.25) is 0 Å². The van der Waals surface area contributed by atoms with E-state index in [1.54, 1.807) is 13.0 Å². The highest BCUT2D eigenvalue weighted by atomic mass is 19.1. The highest BCUT2D eigenvalue weighted by Crippen LogP contribution is 2.16. The third-order valence-electron chi connectivity index (χ3n) is 1.85. The van der Waals surface area contributed by atoms with Crippen LogP contribution in [0.3, 0.4) is 0 Å². The maximum atomic E-state index is 12.8.